The van der Waals surface area contributed by atoms with Gasteiger partial charge in [-0.15, -0.1) is 0 Å². The van der Waals surface area contributed by atoms with Crippen molar-refractivity contribution in [1.82, 2.24) is 0 Å². The molecule has 0 radical (unpaired) electrons. The molecule has 0 heterocycles. The summed E-state index contributed by atoms with van der Waals surface area (Å²) < 4.78 is 26.4. The minimum atomic E-state index is -2.86. The zero-order chi connectivity index (χ0) is 10.3. The Morgan fingerprint density at radius 1 is 1.43 bits per heavy atom. The van der Waals surface area contributed by atoms with Crippen LogP contribution in [0.25, 0.3) is 0 Å². The van der Waals surface area contributed by atoms with Gasteiger partial charge < -0.3 is 5.11 Å². The quantitative estimate of drug-likeness (QED) is 0.752. The number of benzene rings is 1. The number of rotatable bonds is 1. The largest absolute Gasteiger partial charge is 0.478 e. The number of aromatic carboxylic acids is 1. The van der Waals surface area contributed by atoms with Crippen LogP contribution in [0.15, 0.2) is 18.2 Å². The molecule has 1 aliphatic rings. The third kappa shape index (κ3) is 1.27. The number of fused-ring (bicyclic) bond motifs is 1. The molecule has 4 heteroatoms. The van der Waals surface area contributed by atoms with Crippen molar-refractivity contribution in [2.75, 3.05) is 0 Å². The molecule has 0 fully saturated rings. The van der Waals surface area contributed by atoms with Gasteiger partial charge in [-0.05, 0) is 24.1 Å². The van der Waals surface area contributed by atoms with Gasteiger partial charge in [-0.3, -0.25) is 0 Å². The minimum Gasteiger partial charge on any atom is -0.478 e. The lowest BCUT2D eigenvalue weighted by Crippen LogP contribution is -2.09. The molecule has 1 aromatic carbocycles. The van der Waals surface area contributed by atoms with Crippen LogP contribution in [0.2, 0.25) is 0 Å². The second-order valence-electron chi connectivity index (χ2n) is 3.38. The maximum absolute atomic E-state index is 13.2. The Hall–Kier alpha value is -1.45. The van der Waals surface area contributed by atoms with E-state index >= 15 is 0 Å². The topological polar surface area (TPSA) is 37.3 Å². The van der Waals surface area contributed by atoms with Gasteiger partial charge in [0.2, 0.25) is 0 Å². The van der Waals surface area contributed by atoms with Crippen molar-refractivity contribution in [2.45, 2.75) is 18.8 Å². The first kappa shape index (κ1) is 9.12. The summed E-state index contributed by atoms with van der Waals surface area (Å²) >= 11 is 0. The summed E-state index contributed by atoms with van der Waals surface area (Å²) in [6, 6.07) is 3.91. The maximum Gasteiger partial charge on any atom is 0.335 e. The molecular weight excluding hydrogens is 190 g/mol. The number of carboxylic acids is 1. The van der Waals surface area contributed by atoms with Gasteiger partial charge in [-0.25, -0.2) is 13.6 Å². The van der Waals surface area contributed by atoms with Crippen LogP contribution in [0.5, 0.6) is 0 Å². The van der Waals surface area contributed by atoms with Crippen LogP contribution in [0.1, 0.15) is 27.9 Å². The number of hydrogen-bond donors (Lipinski definition) is 1. The smallest absolute Gasteiger partial charge is 0.335 e. The summed E-state index contributed by atoms with van der Waals surface area (Å²) in [6.07, 6.45) is 0.105. The second-order valence-corrected chi connectivity index (χ2v) is 3.38. The van der Waals surface area contributed by atoms with Gasteiger partial charge in [0.25, 0.3) is 5.92 Å². The van der Waals surface area contributed by atoms with Gasteiger partial charge in [-0.2, -0.15) is 0 Å². The van der Waals surface area contributed by atoms with Crippen LogP contribution in [0.3, 0.4) is 0 Å². The van der Waals surface area contributed by atoms with Crippen molar-refractivity contribution in [3.8, 4) is 0 Å². The van der Waals surface area contributed by atoms with Crippen molar-refractivity contribution in [1.29, 1.82) is 0 Å². The van der Waals surface area contributed by atoms with Gasteiger partial charge in [0.15, 0.2) is 0 Å². The van der Waals surface area contributed by atoms with Gasteiger partial charge >= 0.3 is 5.97 Å². The van der Waals surface area contributed by atoms with E-state index in [4.69, 9.17) is 5.11 Å². The normalized spacial score (nSPS) is 17.9. The standard InChI is InChI=1S/C10H8F2O2/c11-10(12)4-3-6-1-2-7(9(13)14)5-8(6)10/h1-2,5H,3-4H2,(H,13,14). The van der Waals surface area contributed by atoms with Crippen molar-refractivity contribution in [2.24, 2.45) is 0 Å². The SMILES string of the molecule is O=C(O)c1ccc2c(c1)C(F)(F)CC2. The fourth-order valence-electron chi connectivity index (χ4n) is 1.69. The first-order chi connectivity index (χ1) is 6.50. The summed E-state index contributed by atoms with van der Waals surface area (Å²) in [6.45, 7) is 0. The van der Waals surface area contributed by atoms with E-state index in [1.54, 1.807) is 0 Å². The van der Waals surface area contributed by atoms with E-state index in [0.717, 1.165) is 6.07 Å². The summed E-state index contributed by atoms with van der Waals surface area (Å²) in [5, 5.41) is 8.64. The number of aryl methyl sites for hydroxylation is 1. The Balaban J connectivity index is 2.53. The zero-order valence-corrected chi connectivity index (χ0v) is 7.26. The van der Waals surface area contributed by atoms with Gasteiger partial charge in [-0.1, -0.05) is 6.07 Å². The van der Waals surface area contributed by atoms with Gasteiger partial charge in [0.1, 0.15) is 0 Å². The predicted octanol–water partition coefficient (Wildman–Crippen LogP) is 2.42. The van der Waals surface area contributed by atoms with E-state index in [1.165, 1.54) is 12.1 Å². The summed E-state index contributed by atoms with van der Waals surface area (Å²) in [5.74, 6) is -4.03. The molecular formula is C10H8F2O2. The Bertz CT molecular complexity index is 399. The Kier molecular flexibility index (Phi) is 1.80. The molecule has 0 saturated carbocycles. The van der Waals surface area contributed by atoms with Crippen LogP contribution in [0.4, 0.5) is 8.78 Å². The van der Waals surface area contributed by atoms with E-state index in [9.17, 15) is 13.6 Å². The Morgan fingerprint density at radius 2 is 2.14 bits per heavy atom. The van der Waals surface area contributed by atoms with Crippen LogP contribution >= 0.6 is 0 Å². The molecule has 2 nitrogen and oxygen atoms in total. The lowest BCUT2D eigenvalue weighted by molar-refractivity contribution is -0.00188. The average Bonchev–Trinajstić information content (AvgIpc) is 2.42. The van der Waals surface area contributed by atoms with Gasteiger partial charge in [0, 0.05) is 12.0 Å². The zero-order valence-electron chi connectivity index (χ0n) is 7.26. The number of hydrogen-bond acceptors (Lipinski definition) is 1. The van der Waals surface area contributed by atoms with Crippen molar-refractivity contribution >= 4 is 5.97 Å². The lowest BCUT2D eigenvalue weighted by atomic mass is 10.1. The van der Waals surface area contributed by atoms with Crippen LogP contribution in [0, 0.1) is 0 Å². The monoisotopic (exact) mass is 198 g/mol. The summed E-state index contributed by atoms with van der Waals surface area (Å²) in [4.78, 5) is 10.6. The molecule has 1 N–H and O–H groups in total. The van der Waals surface area contributed by atoms with Crippen molar-refractivity contribution in [3.05, 3.63) is 34.9 Å². The van der Waals surface area contributed by atoms with E-state index in [-0.39, 0.29) is 17.5 Å². The third-order valence-electron chi connectivity index (χ3n) is 2.46. The molecule has 14 heavy (non-hydrogen) atoms. The molecule has 0 bridgehead atoms. The Morgan fingerprint density at radius 3 is 2.79 bits per heavy atom. The molecule has 1 aromatic rings. The van der Waals surface area contributed by atoms with Gasteiger partial charge in [0.05, 0.1) is 5.56 Å². The third-order valence-corrected chi connectivity index (χ3v) is 2.46. The van der Waals surface area contributed by atoms with E-state index in [0.29, 0.717) is 12.0 Å². The molecule has 74 valence electrons. The molecule has 0 saturated heterocycles. The van der Waals surface area contributed by atoms with Crippen molar-refractivity contribution < 1.29 is 18.7 Å². The second kappa shape index (κ2) is 2.77. The van der Waals surface area contributed by atoms with Crippen LogP contribution in [-0.2, 0) is 12.3 Å². The Labute approximate surface area is 79.2 Å². The number of halogens is 2. The minimum absolute atomic E-state index is 0.0784. The molecule has 0 aliphatic heterocycles. The first-order valence-corrected chi connectivity index (χ1v) is 4.25. The molecule has 0 unspecified atom stereocenters. The van der Waals surface area contributed by atoms with E-state index in [2.05, 4.69) is 0 Å². The predicted molar refractivity (Wildman–Crippen MR) is 45.6 cm³/mol. The van der Waals surface area contributed by atoms with E-state index < -0.39 is 11.9 Å². The highest BCUT2D eigenvalue weighted by atomic mass is 19.3. The average molecular weight is 198 g/mol. The summed E-state index contributed by atoms with van der Waals surface area (Å²) in [5.41, 5.74) is 0.350. The van der Waals surface area contributed by atoms with Crippen molar-refractivity contribution in [3.63, 3.8) is 0 Å². The highest BCUT2D eigenvalue weighted by Crippen LogP contribution is 2.41. The molecule has 0 atom stereocenters. The fraction of sp³-hybridized carbons (Fsp3) is 0.300. The number of carbonyl (C=O) groups is 1. The van der Waals surface area contributed by atoms with E-state index in [1.807, 2.05) is 0 Å². The molecule has 1 aliphatic carbocycles. The van der Waals surface area contributed by atoms with Crippen LogP contribution in [-0.4, -0.2) is 11.1 Å². The molecule has 0 spiro atoms. The van der Waals surface area contributed by atoms with Crippen LogP contribution < -0.4 is 0 Å². The highest BCUT2D eigenvalue weighted by Gasteiger charge is 2.39. The molecule has 0 amide bonds. The number of alkyl halides is 2. The fourth-order valence-corrected chi connectivity index (χ4v) is 1.69. The highest BCUT2D eigenvalue weighted by molar-refractivity contribution is 5.88. The molecule has 0 aromatic heterocycles. The number of carboxylic acid groups (broad SMARTS) is 1. The first-order valence-electron chi connectivity index (χ1n) is 4.25. The molecule has 2 rings (SSSR count). The summed E-state index contributed by atoms with van der Waals surface area (Å²) in [7, 11) is 0. The lowest BCUT2D eigenvalue weighted by Gasteiger charge is -2.09. The maximum atomic E-state index is 13.2.